The smallest absolute Gasteiger partial charge is 0.237 e. The summed E-state index contributed by atoms with van der Waals surface area (Å²) < 4.78 is 0. The van der Waals surface area contributed by atoms with Crippen LogP contribution >= 0.6 is 0 Å². The summed E-state index contributed by atoms with van der Waals surface area (Å²) >= 11 is 0. The molecule has 5 heteroatoms. The summed E-state index contributed by atoms with van der Waals surface area (Å²) in [6, 6.07) is -0.221. The van der Waals surface area contributed by atoms with Gasteiger partial charge in [-0.15, -0.1) is 0 Å². The van der Waals surface area contributed by atoms with Crippen LogP contribution in [-0.2, 0) is 9.59 Å². The molecule has 0 saturated heterocycles. The highest BCUT2D eigenvalue weighted by Gasteiger charge is 2.22. The summed E-state index contributed by atoms with van der Waals surface area (Å²) in [6.45, 7) is 7.59. The predicted molar refractivity (Wildman–Crippen MR) is 63.5 cm³/mol. The van der Waals surface area contributed by atoms with Crippen molar-refractivity contribution in [2.45, 2.75) is 46.2 Å². The van der Waals surface area contributed by atoms with Crippen LogP contribution in [-0.4, -0.2) is 35.3 Å². The Labute approximate surface area is 97.2 Å². The first-order valence-electron chi connectivity index (χ1n) is 5.59. The lowest BCUT2D eigenvalue weighted by atomic mass is 10.0. The fourth-order valence-corrected chi connectivity index (χ4v) is 1.28. The summed E-state index contributed by atoms with van der Waals surface area (Å²) in [6.07, 6.45) is 0.253. The van der Waals surface area contributed by atoms with Crippen LogP contribution in [0.4, 0.5) is 0 Å². The highest BCUT2D eigenvalue weighted by molar-refractivity contribution is 5.84. The first kappa shape index (κ1) is 14.9. The fraction of sp³-hybridized carbons (Fsp3) is 0.818. The summed E-state index contributed by atoms with van der Waals surface area (Å²) in [7, 11) is 0. The molecule has 0 aromatic heterocycles. The molecule has 0 bridgehead atoms. The summed E-state index contributed by atoms with van der Waals surface area (Å²) in [5.74, 6) is -0.373. The van der Waals surface area contributed by atoms with Crippen molar-refractivity contribution in [1.82, 2.24) is 4.90 Å². The van der Waals surface area contributed by atoms with E-state index >= 15 is 0 Å². The monoisotopic (exact) mass is 229 g/mol. The van der Waals surface area contributed by atoms with E-state index in [1.807, 2.05) is 27.7 Å². The third-order valence-electron chi connectivity index (χ3n) is 2.54. The number of rotatable bonds is 6. The molecule has 0 aliphatic carbocycles. The molecule has 16 heavy (non-hydrogen) atoms. The van der Waals surface area contributed by atoms with Crippen molar-refractivity contribution in [3.05, 3.63) is 0 Å². The molecule has 0 spiro atoms. The molecule has 0 aliphatic rings. The minimum absolute atomic E-state index is 0.0404. The lowest BCUT2D eigenvalue weighted by molar-refractivity contribution is -0.137. The zero-order chi connectivity index (χ0) is 12.9. The van der Waals surface area contributed by atoms with Crippen molar-refractivity contribution >= 4 is 11.8 Å². The Balaban J connectivity index is 4.45. The van der Waals surface area contributed by atoms with Crippen molar-refractivity contribution in [2.24, 2.45) is 17.4 Å². The van der Waals surface area contributed by atoms with Gasteiger partial charge in [0.1, 0.15) is 0 Å². The summed E-state index contributed by atoms with van der Waals surface area (Å²) in [4.78, 5) is 24.2. The van der Waals surface area contributed by atoms with Crippen LogP contribution in [0.15, 0.2) is 0 Å². The number of nitrogens with two attached hydrogens (primary N) is 2. The number of hydrogen-bond donors (Lipinski definition) is 2. The molecule has 2 amide bonds. The van der Waals surface area contributed by atoms with Gasteiger partial charge in [-0.1, -0.05) is 13.8 Å². The largest absolute Gasteiger partial charge is 0.368 e. The first-order valence-corrected chi connectivity index (χ1v) is 5.59. The van der Waals surface area contributed by atoms with E-state index in [9.17, 15) is 9.59 Å². The minimum Gasteiger partial charge on any atom is -0.368 e. The van der Waals surface area contributed by atoms with Gasteiger partial charge in [-0.3, -0.25) is 9.59 Å². The van der Waals surface area contributed by atoms with Crippen molar-refractivity contribution in [2.75, 3.05) is 6.54 Å². The van der Waals surface area contributed by atoms with Gasteiger partial charge in [-0.2, -0.15) is 0 Å². The molecule has 0 fully saturated rings. The molecule has 0 saturated carbocycles. The molecule has 4 N–H and O–H groups in total. The van der Waals surface area contributed by atoms with E-state index in [2.05, 4.69) is 0 Å². The van der Waals surface area contributed by atoms with Crippen molar-refractivity contribution in [3.8, 4) is 0 Å². The van der Waals surface area contributed by atoms with Gasteiger partial charge in [-0.05, 0) is 19.8 Å². The zero-order valence-corrected chi connectivity index (χ0v) is 10.6. The third-order valence-corrected chi connectivity index (χ3v) is 2.54. The Kier molecular flexibility index (Phi) is 6.03. The molecular weight excluding hydrogens is 206 g/mol. The quantitative estimate of drug-likeness (QED) is 0.676. The molecule has 1 atom stereocenters. The van der Waals surface area contributed by atoms with Crippen LogP contribution in [0, 0.1) is 5.92 Å². The maximum Gasteiger partial charge on any atom is 0.237 e. The number of carbonyl (C=O) groups is 2. The molecule has 0 heterocycles. The Morgan fingerprint density at radius 3 is 2.00 bits per heavy atom. The van der Waals surface area contributed by atoms with Crippen LogP contribution < -0.4 is 11.5 Å². The van der Waals surface area contributed by atoms with Crippen molar-refractivity contribution in [3.63, 3.8) is 0 Å². The molecule has 0 rings (SSSR count). The van der Waals surface area contributed by atoms with Gasteiger partial charge in [0.15, 0.2) is 0 Å². The van der Waals surface area contributed by atoms with E-state index in [0.717, 1.165) is 0 Å². The summed E-state index contributed by atoms with van der Waals surface area (Å²) in [5.41, 5.74) is 10.9. The number of nitrogens with zero attached hydrogens (tertiary/aromatic N) is 1. The lowest BCUT2D eigenvalue weighted by Crippen LogP contribution is -2.45. The molecule has 0 aromatic rings. The van der Waals surface area contributed by atoms with Crippen molar-refractivity contribution in [1.29, 1.82) is 0 Å². The average molecular weight is 229 g/mol. The molecule has 0 radical (unpaired) electrons. The van der Waals surface area contributed by atoms with Gasteiger partial charge in [-0.25, -0.2) is 0 Å². The van der Waals surface area contributed by atoms with E-state index < -0.39 is 5.91 Å². The van der Waals surface area contributed by atoms with Gasteiger partial charge in [0, 0.05) is 18.5 Å². The second-order valence-electron chi connectivity index (χ2n) is 4.69. The highest BCUT2D eigenvalue weighted by Crippen LogP contribution is 2.08. The Bertz CT molecular complexity index is 252. The maximum absolute atomic E-state index is 11.9. The standard InChI is InChI=1S/C11H23N3O2/c1-7(2)9(12)5-11(16)14(8(3)4)6-10(13)15/h7-9H,5-6,12H2,1-4H3,(H2,13,15). The maximum atomic E-state index is 11.9. The van der Waals surface area contributed by atoms with Crippen LogP contribution in [0.2, 0.25) is 0 Å². The van der Waals surface area contributed by atoms with E-state index in [-0.39, 0.29) is 36.9 Å². The fourth-order valence-electron chi connectivity index (χ4n) is 1.28. The lowest BCUT2D eigenvalue weighted by Gasteiger charge is -2.27. The number of hydrogen-bond acceptors (Lipinski definition) is 3. The van der Waals surface area contributed by atoms with Gasteiger partial charge in [0.05, 0.1) is 6.54 Å². The van der Waals surface area contributed by atoms with Crippen LogP contribution in [0.25, 0.3) is 0 Å². The Morgan fingerprint density at radius 2 is 1.69 bits per heavy atom. The van der Waals surface area contributed by atoms with Crippen LogP contribution in [0.3, 0.4) is 0 Å². The van der Waals surface area contributed by atoms with E-state index in [0.29, 0.717) is 0 Å². The third kappa shape index (κ3) is 5.11. The van der Waals surface area contributed by atoms with Gasteiger partial charge >= 0.3 is 0 Å². The van der Waals surface area contributed by atoms with Gasteiger partial charge < -0.3 is 16.4 Å². The zero-order valence-electron chi connectivity index (χ0n) is 10.6. The average Bonchev–Trinajstić information content (AvgIpc) is 2.12. The normalized spacial score (nSPS) is 12.9. The first-order chi connectivity index (χ1) is 7.25. The predicted octanol–water partition coefficient (Wildman–Crippen LogP) is 0.0821. The van der Waals surface area contributed by atoms with Gasteiger partial charge in [0.25, 0.3) is 0 Å². The molecule has 1 unspecified atom stereocenters. The number of primary amides is 1. The van der Waals surface area contributed by atoms with Crippen LogP contribution in [0.1, 0.15) is 34.1 Å². The Hall–Kier alpha value is -1.10. The topological polar surface area (TPSA) is 89.4 Å². The molecule has 94 valence electrons. The second kappa shape index (κ2) is 6.48. The number of carbonyl (C=O) groups excluding carboxylic acids is 2. The van der Waals surface area contributed by atoms with E-state index in [4.69, 9.17) is 11.5 Å². The van der Waals surface area contributed by atoms with Crippen molar-refractivity contribution < 1.29 is 9.59 Å². The van der Waals surface area contributed by atoms with E-state index in [1.165, 1.54) is 4.90 Å². The Morgan fingerprint density at radius 1 is 1.19 bits per heavy atom. The molecule has 0 aliphatic heterocycles. The van der Waals surface area contributed by atoms with E-state index in [1.54, 1.807) is 0 Å². The summed E-state index contributed by atoms with van der Waals surface area (Å²) in [5, 5.41) is 0. The second-order valence-corrected chi connectivity index (χ2v) is 4.69. The molecule has 0 aromatic carbocycles. The van der Waals surface area contributed by atoms with Gasteiger partial charge in [0.2, 0.25) is 11.8 Å². The highest BCUT2D eigenvalue weighted by atomic mass is 16.2. The SMILES string of the molecule is CC(C)C(N)CC(=O)N(CC(N)=O)C(C)C. The minimum atomic E-state index is -0.500. The molecular formula is C11H23N3O2. The number of amides is 2. The van der Waals surface area contributed by atoms with Crippen LogP contribution in [0.5, 0.6) is 0 Å². The molecule has 5 nitrogen and oxygen atoms in total.